The molecule has 1 aromatic heterocycles. The molecule has 2 aromatic rings. The molecule has 0 spiro atoms. The Morgan fingerprint density at radius 1 is 1.36 bits per heavy atom. The summed E-state index contributed by atoms with van der Waals surface area (Å²) in [4.78, 5) is 16.6. The van der Waals surface area contributed by atoms with E-state index in [1.54, 1.807) is 0 Å². The quantitative estimate of drug-likeness (QED) is 0.880. The number of thiazole rings is 1. The predicted octanol–water partition coefficient (Wildman–Crippen LogP) is 2.63. The van der Waals surface area contributed by atoms with Crippen molar-refractivity contribution in [2.24, 2.45) is 5.92 Å². The summed E-state index contributed by atoms with van der Waals surface area (Å²) in [6.45, 7) is 2.29. The Hall–Kier alpha value is -1.84. The van der Waals surface area contributed by atoms with E-state index in [4.69, 9.17) is 0 Å². The van der Waals surface area contributed by atoms with Gasteiger partial charge in [-0.1, -0.05) is 0 Å². The second kappa shape index (κ2) is 7.19. The molecule has 0 saturated carbocycles. The van der Waals surface area contributed by atoms with Crippen molar-refractivity contribution < 1.29 is 17.6 Å². The summed E-state index contributed by atoms with van der Waals surface area (Å²) in [5, 5.41) is 5.10. The van der Waals surface area contributed by atoms with Crippen molar-refractivity contribution in [2.45, 2.75) is 24.7 Å². The molecule has 25 heavy (non-hydrogen) atoms. The van der Waals surface area contributed by atoms with Crippen LogP contribution < -0.4 is 5.32 Å². The lowest BCUT2D eigenvalue weighted by Crippen LogP contribution is -2.43. The van der Waals surface area contributed by atoms with Gasteiger partial charge in [-0.3, -0.25) is 4.79 Å². The minimum absolute atomic E-state index is 0.0329. The molecule has 3 rings (SSSR count). The van der Waals surface area contributed by atoms with Gasteiger partial charge in [0.25, 0.3) is 0 Å². The zero-order chi connectivity index (χ0) is 18.0. The molecule has 1 aliphatic heterocycles. The lowest BCUT2D eigenvalue weighted by atomic mass is 9.99. The maximum Gasteiger partial charge on any atom is 0.243 e. The van der Waals surface area contributed by atoms with Gasteiger partial charge >= 0.3 is 0 Å². The Labute approximate surface area is 149 Å². The number of nitrogens with zero attached hydrogens (tertiary/aromatic N) is 2. The molecule has 1 amide bonds. The van der Waals surface area contributed by atoms with E-state index in [1.807, 2.05) is 12.3 Å². The minimum Gasteiger partial charge on any atom is -0.302 e. The number of halogens is 1. The standard InChI is InChI=1S/C16H18FN3O3S2/c1-11-10-24-16(18-11)19-15(21)12-3-2-8-20(9-12)25(22,23)14-6-4-13(17)5-7-14/h4-7,10,12H,2-3,8-9H2,1H3,(H,18,19,21)/t12-/m1/s1. The van der Waals surface area contributed by atoms with Crippen LogP contribution >= 0.6 is 11.3 Å². The molecular weight excluding hydrogens is 365 g/mol. The van der Waals surface area contributed by atoms with Crippen LogP contribution in [0.4, 0.5) is 9.52 Å². The summed E-state index contributed by atoms with van der Waals surface area (Å²) in [6.07, 6.45) is 1.21. The topological polar surface area (TPSA) is 79.4 Å². The fourth-order valence-corrected chi connectivity index (χ4v) is 4.96. The molecule has 0 bridgehead atoms. The number of rotatable bonds is 4. The molecule has 2 heterocycles. The molecule has 0 unspecified atom stereocenters. The van der Waals surface area contributed by atoms with Crippen molar-refractivity contribution >= 4 is 32.4 Å². The average molecular weight is 383 g/mol. The lowest BCUT2D eigenvalue weighted by molar-refractivity contribution is -0.120. The molecule has 1 fully saturated rings. The number of aryl methyl sites for hydroxylation is 1. The molecule has 1 aromatic carbocycles. The highest BCUT2D eigenvalue weighted by Gasteiger charge is 2.33. The van der Waals surface area contributed by atoms with E-state index in [2.05, 4.69) is 10.3 Å². The van der Waals surface area contributed by atoms with Gasteiger partial charge in [-0.05, 0) is 44.0 Å². The summed E-state index contributed by atoms with van der Waals surface area (Å²) < 4.78 is 39.7. The van der Waals surface area contributed by atoms with Crippen LogP contribution in [0.5, 0.6) is 0 Å². The number of sulfonamides is 1. The molecular formula is C16H18FN3O3S2. The summed E-state index contributed by atoms with van der Waals surface area (Å²) in [7, 11) is -3.74. The number of piperidine rings is 1. The maximum atomic E-state index is 13.0. The third-order valence-corrected chi connectivity index (χ3v) is 6.81. The lowest BCUT2D eigenvalue weighted by Gasteiger charge is -2.31. The second-order valence-corrected chi connectivity index (χ2v) is 8.74. The highest BCUT2D eigenvalue weighted by molar-refractivity contribution is 7.89. The Balaban J connectivity index is 1.71. The van der Waals surface area contributed by atoms with Crippen molar-refractivity contribution in [1.82, 2.24) is 9.29 Å². The molecule has 6 nitrogen and oxygen atoms in total. The Bertz CT molecular complexity index is 865. The number of hydrogen-bond acceptors (Lipinski definition) is 5. The summed E-state index contributed by atoms with van der Waals surface area (Å²) in [5.41, 5.74) is 0.824. The van der Waals surface area contributed by atoms with Crippen LogP contribution in [0.25, 0.3) is 0 Å². The van der Waals surface area contributed by atoms with Gasteiger partial charge in [-0.15, -0.1) is 11.3 Å². The largest absolute Gasteiger partial charge is 0.302 e. The van der Waals surface area contributed by atoms with Crippen LogP contribution in [0.15, 0.2) is 34.5 Å². The minimum atomic E-state index is -3.74. The first-order chi connectivity index (χ1) is 11.9. The van der Waals surface area contributed by atoms with Crippen molar-refractivity contribution in [3.05, 3.63) is 41.2 Å². The van der Waals surface area contributed by atoms with Gasteiger partial charge in [-0.2, -0.15) is 4.31 Å². The van der Waals surface area contributed by atoms with Crippen molar-refractivity contribution in [3.63, 3.8) is 0 Å². The number of hydrogen-bond donors (Lipinski definition) is 1. The van der Waals surface area contributed by atoms with Gasteiger partial charge in [0.1, 0.15) is 5.82 Å². The number of amides is 1. The first-order valence-corrected chi connectivity index (χ1v) is 10.2. The third kappa shape index (κ3) is 4.05. The highest BCUT2D eigenvalue weighted by atomic mass is 32.2. The highest BCUT2D eigenvalue weighted by Crippen LogP contribution is 2.25. The van der Waals surface area contributed by atoms with Gasteiger partial charge in [0.05, 0.1) is 16.5 Å². The van der Waals surface area contributed by atoms with E-state index in [1.165, 1.54) is 27.8 Å². The first-order valence-electron chi connectivity index (χ1n) is 7.85. The Morgan fingerprint density at radius 3 is 2.72 bits per heavy atom. The number of benzene rings is 1. The predicted molar refractivity (Wildman–Crippen MR) is 93.4 cm³/mol. The average Bonchev–Trinajstić information content (AvgIpc) is 3.00. The SMILES string of the molecule is Cc1csc(NC(=O)[C@@H]2CCCN(S(=O)(=O)c3ccc(F)cc3)C2)n1. The van der Waals surface area contributed by atoms with E-state index in [9.17, 15) is 17.6 Å². The van der Waals surface area contributed by atoms with Gasteiger partial charge < -0.3 is 5.32 Å². The number of carbonyl (C=O) groups excluding carboxylic acids is 1. The van der Waals surface area contributed by atoms with Crippen LogP contribution in [0.1, 0.15) is 18.5 Å². The van der Waals surface area contributed by atoms with E-state index in [0.717, 1.165) is 17.8 Å². The smallest absolute Gasteiger partial charge is 0.243 e. The van der Waals surface area contributed by atoms with Crippen LogP contribution in [-0.2, 0) is 14.8 Å². The Morgan fingerprint density at radius 2 is 2.08 bits per heavy atom. The summed E-state index contributed by atoms with van der Waals surface area (Å²) in [6, 6.07) is 4.72. The van der Waals surface area contributed by atoms with E-state index >= 15 is 0 Å². The van der Waals surface area contributed by atoms with Crippen LogP contribution in [0.3, 0.4) is 0 Å². The van der Waals surface area contributed by atoms with Gasteiger partial charge in [0.15, 0.2) is 5.13 Å². The van der Waals surface area contributed by atoms with E-state index in [0.29, 0.717) is 24.5 Å². The molecule has 0 aliphatic carbocycles. The van der Waals surface area contributed by atoms with Crippen LogP contribution in [0.2, 0.25) is 0 Å². The van der Waals surface area contributed by atoms with Gasteiger partial charge in [0.2, 0.25) is 15.9 Å². The van der Waals surface area contributed by atoms with Crippen LogP contribution in [0, 0.1) is 18.7 Å². The molecule has 1 atom stereocenters. The van der Waals surface area contributed by atoms with Crippen molar-refractivity contribution in [3.8, 4) is 0 Å². The van der Waals surface area contributed by atoms with Gasteiger partial charge in [-0.25, -0.2) is 17.8 Å². The molecule has 9 heteroatoms. The fourth-order valence-electron chi connectivity index (χ4n) is 2.75. The van der Waals surface area contributed by atoms with E-state index < -0.39 is 21.8 Å². The van der Waals surface area contributed by atoms with Crippen LogP contribution in [-0.4, -0.2) is 36.7 Å². The maximum absolute atomic E-state index is 13.0. The third-order valence-electron chi connectivity index (χ3n) is 4.06. The molecule has 1 N–H and O–H groups in total. The normalized spacial score (nSPS) is 18.9. The first kappa shape index (κ1) is 18.0. The Kier molecular flexibility index (Phi) is 5.16. The zero-order valence-corrected chi connectivity index (χ0v) is 15.2. The zero-order valence-electron chi connectivity index (χ0n) is 13.6. The molecule has 1 saturated heterocycles. The number of carbonyl (C=O) groups is 1. The monoisotopic (exact) mass is 383 g/mol. The molecule has 0 radical (unpaired) electrons. The summed E-state index contributed by atoms with van der Waals surface area (Å²) >= 11 is 1.34. The van der Waals surface area contributed by atoms with Crippen molar-refractivity contribution in [2.75, 3.05) is 18.4 Å². The van der Waals surface area contributed by atoms with Crippen molar-refractivity contribution in [1.29, 1.82) is 0 Å². The molecule has 134 valence electrons. The number of aromatic nitrogens is 1. The number of nitrogens with one attached hydrogen (secondary N) is 1. The fraction of sp³-hybridized carbons (Fsp3) is 0.375. The second-order valence-electron chi connectivity index (χ2n) is 5.94. The van der Waals surface area contributed by atoms with Gasteiger partial charge in [0, 0.05) is 18.5 Å². The number of anilines is 1. The molecule has 1 aliphatic rings. The summed E-state index contributed by atoms with van der Waals surface area (Å²) in [5.74, 6) is -1.16. The van der Waals surface area contributed by atoms with E-state index in [-0.39, 0.29) is 17.3 Å².